The molecule has 1 atom stereocenters. The third-order valence-corrected chi connectivity index (χ3v) is 2.42. The lowest BCUT2D eigenvalue weighted by Crippen LogP contribution is -2.35. The van der Waals surface area contributed by atoms with Crippen molar-refractivity contribution in [1.29, 1.82) is 0 Å². The summed E-state index contributed by atoms with van der Waals surface area (Å²) in [4.78, 5) is 2.00. The average Bonchev–Trinajstić information content (AvgIpc) is 2.29. The van der Waals surface area contributed by atoms with Crippen molar-refractivity contribution < 1.29 is 9.84 Å². The van der Waals surface area contributed by atoms with Crippen molar-refractivity contribution in [3.8, 4) is 5.75 Å². The van der Waals surface area contributed by atoms with Gasteiger partial charge in [-0.05, 0) is 19.2 Å². The number of ether oxygens (including phenoxy) is 1. The molecule has 1 unspecified atom stereocenters. The minimum atomic E-state index is -0.374. The fourth-order valence-corrected chi connectivity index (χ4v) is 1.57. The van der Waals surface area contributed by atoms with E-state index in [1.54, 1.807) is 7.11 Å². The monoisotopic (exact) mass is 224 g/mol. The van der Waals surface area contributed by atoms with Crippen molar-refractivity contribution >= 4 is 5.69 Å². The predicted octanol–water partition coefficient (Wildman–Crippen LogP) is 0.712. The Labute approximate surface area is 96.8 Å². The van der Waals surface area contributed by atoms with Crippen molar-refractivity contribution in [1.82, 2.24) is 5.32 Å². The third-order valence-electron chi connectivity index (χ3n) is 2.42. The van der Waals surface area contributed by atoms with E-state index in [-0.39, 0.29) is 6.10 Å². The van der Waals surface area contributed by atoms with E-state index in [4.69, 9.17) is 4.74 Å². The van der Waals surface area contributed by atoms with Gasteiger partial charge in [-0.3, -0.25) is 0 Å². The van der Waals surface area contributed by atoms with E-state index in [1.165, 1.54) is 0 Å². The zero-order valence-corrected chi connectivity index (χ0v) is 10.1. The van der Waals surface area contributed by atoms with Crippen LogP contribution in [0.15, 0.2) is 24.3 Å². The average molecular weight is 224 g/mol. The number of nitrogens with zero attached hydrogens (tertiary/aromatic N) is 1. The Bertz CT molecular complexity index is 318. The summed E-state index contributed by atoms with van der Waals surface area (Å²) in [6.07, 6.45) is -0.374. The first-order valence-corrected chi connectivity index (χ1v) is 5.35. The first kappa shape index (κ1) is 12.8. The van der Waals surface area contributed by atoms with Gasteiger partial charge < -0.3 is 20.1 Å². The smallest absolute Gasteiger partial charge is 0.120 e. The number of benzene rings is 1. The van der Waals surface area contributed by atoms with Crippen molar-refractivity contribution in [3.63, 3.8) is 0 Å². The number of methoxy groups -OCH3 is 1. The summed E-state index contributed by atoms with van der Waals surface area (Å²) in [7, 11) is 5.43. The van der Waals surface area contributed by atoms with Crippen LogP contribution in [0.25, 0.3) is 0 Å². The van der Waals surface area contributed by atoms with Gasteiger partial charge in [0, 0.05) is 31.9 Å². The van der Waals surface area contributed by atoms with Gasteiger partial charge >= 0.3 is 0 Å². The van der Waals surface area contributed by atoms with Crippen LogP contribution in [-0.2, 0) is 0 Å². The molecule has 0 spiro atoms. The maximum Gasteiger partial charge on any atom is 0.120 e. The number of aliphatic hydroxyl groups is 1. The first-order valence-electron chi connectivity index (χ1n) is 5.35. The number of aliphatic hydroxyl groups excluding tert-OH is 1. The number of nitrogens with one attached hydrogen (secondary N) is 1. The minimum absolute atomic E-state index is 0.374. The van der Waals surface area contributed by atoms with Gasteiger partial charge in [0.25, 0.3) is 0 Å². The lowest BCUT2D eigenvalue weighted by atomic mass is 10.2. The molecule has 2 N–H and O–H groups in total. The minimum Gasteiger partial charge on any atom is -0.497 e. The molecule has 4 heteroatoms. The van der Waals surface area contributed by atoms with Crippen LogP contribution < -0.4 is 15.0 Å². The Balaban J connectivity index is 2.61. The quantitative estimate of drug-likeness (QED) is 0.747. The molecule has 0 saturated carbocycles. The Morgan fingerprint density at radius 2 is 2.25 bits per heavy atom. The van der Waals surface area contributed by atoms with E-state index in [0.29, 0.717) is 13.1 Å². The highest BCUT2D eigenvalue weighted by molar-refractivity contribution is 5.50. The second-order valence-corrected chi connectivity index (χ2v) is 3.79. The number of rotatable bonds is 6. The molecule has 16 heavy (non-hydrogen) atoms. The summed E-state index contributed by atoms with van der Waals surface area (Å²) >= 11 is 0. The van der Waals surface area contributed by atoms with Crippen LogP contribution in [0.2, 0.25) is 0 Å². The van der Waals surface area contributed by atoms with E-state index in [1.807, 2.05) is 43.3 Å². The van der Waals surface area contributed by atoms with Gasteiger partial charge in [0.05, 0.1) is 13.2 Å². The second kappa shape index (κ2) is 6.35. The highest BCUT2D eigenvalue weighted by atomic mass is 16.5. The van der Waals surface area contributed by atoms with Crippen LogP contribution in [-0.4, -0.2) is 45.5 Å². The van der Waals surface area contributed by atoms with Crippen molar-refractivity contribution in [3.05, 3.63) is 24.3 Å². The van der Waals surface area contributed by atoms with E-state index >= 15 is 0 Å². The van der Waals surface area contributed by atoms with Gasteiger partial charge in [-0.2, -0.15) is 0 Å². The van der Waals surface area contributed by atoms with Crippen LogP contribution in [0.4, 0.5) is 5.69 Å². The van der Waals surface area contributed by atoms with Gasteiger partial charge in [0.2, 0.25) is 0 Å². The van der Waals surface area contributed by atoms with Crippen LogP contribution in [0.1, 0.15) is 0 Å². The molecule has 0 radical (unpaired) electrons. The second-order valence-electron chi connectivity index (χ2n) is 3.79. The fourth-order valence-electron chi connectivity index (χ4n) is 1.57. The highest BCUT2D eigenvalue weighted by Gasteiger charge is 2.08. The Hall–Kier alpha value is -1.26. The molecule has 0 amide bonds. The van der Waals surface area contributed by atoms with Crippen LogP contribution in [0.3, 0.4) is 0 Å². The first-order chi connectivity index (χ1) is 7.67. The molecule has 1 rings (SSSR count). The topological polar surface area (TPSA) is 44.7 Å². The van der Waals surface area contributed by atoms with E-state index in [9.17, 15) is 5.11 Å². The lowest BCUT2D eigenvalue weighted by molar-refractivity contribution is 0.181. The Kier molecular flexibility index (Phi) is 5.08. The molecule has 0 aromatic heterocycles. The molecule has 4 nitrogen and oxygen atoms in total. The van der Waals surface area contributed by atoms with Crippen molar-refractivity contribution in [2.75, 3.05) is 39.2 Å². The van der Waals surface area contributed by atoms with E-state index < -0.39 is 0 Å². The fraction of sp³-hybridized carbons (Fsp3) is 0.500. The molecular formula is C12H20N2O2. The zero-order valence-electron chi connectivity index (χ0n) is 10.1. The zero-order chi connectivity index (χ0) is 12.0. The van der Waals surface area contributed by atoms with Gasteiger partial charge in [0.1, 0.15) is 5.75 Å². The summed E-state index contributed by atoms with van der Waals surface area (Å²) in [5, 5.41) is 12.6. The van der Waals surface area contributed by atoms with Gasteiger partial charge in [-0.1, -0.05) is 6.07 Å². The normalized spacial score (nSPS) is 12.2. The molecule has 1 aromatic carbocycles. The van der Waals surface area contributed by atoms with Crippen LogP contribution in [0, 0.1) is 0 Å². The maximum absolute atomic E-state index is 9.67. The maximum atomic E-state index is 9.67. The SMILES string of the molecule is CNCC(O)CN(C)c1cccc(OC)c1. The largest absolute Gasteiger partial charge is 0.497 e. The molecule has 0 fully saturated rings. The van der Waals surface area contributed by atoms with Gasteiger partial charge in [0.15, 0.2) is 0 Å². The van der Waals surface area contributed by atoms with Crippen LogP contribution in [0.5, 0.6) is 5.75 Å². The van der Waals surface area contributed by atoms with Crippen molar-refractivity contribution in [2.45, 2.75) is 6.10 Å². The number of anilines is 1. The molecule has 0 saturated heterocycles. The molecule has 0 aliphatic carbocycles. The predicted molar refractivity (Wildman–Crippen MR) is 66.2 cm³/mol. The summed E-state index contributed by atoms with van der Waals surface area (Å²) < 4.78 is 5.16. The molecule has 0 bridgehead atoms. The number of hydrogen-bond acceptors (Lipinski definition) is 4. The number of likely N-dealkylation sites (N-methyl/N-ethyl adjacent to an activating group) is 2. The van der Waals surface area contributed by atoms with Crippen LogP contribution >= 0.6 is 0 Å². The Morgan fingerprint density at radius 3 is 2.88 bits per heavy atom. The standard InChI is InChI=1S/C12H20N2O2/c1-13-8-11(15)9-14(2)10-5-4-6-12(7-10)16-3/h4-7,11,13,15H,8-9H2,1-3H3. The number of hydrogen-bond donors (Lipinski definition) is 2. The summed E-state index contributed by atoms with van der Waals surface area (Å²) in [6, 6.07) is 7.79. The highest BCUT2D eigenvalue weighted by Crippen LogP contribution is 2.19. The van der Waals surface area contributed by atoms with Crippen molar-refractivity contribution in [2.24, 2.45) is 0 Å². The molecule has 0 aliphatic rings. The van der Waals surface area contributed by atoms with E-state index in [2.05, 4.69) is 5.32 Å². The summed E-state index contributed by atoms with van der Waals surface area (Å²) in [5.41, 5.74) is 1.04. The Morgan fingerprint density at radius 1 is 1.50 bits per heavy atom. The third kappa shape index (κ3) is 3.72. The molecular weight excluding hydrogens is 204 g/mol. The summed E-state index contributed by atoms with van der Waals surface area (Å²) in [6.45, 7) is 1.18. The van der Waals surface area contributed by atoms with Gasteiger partial charge in [-0.25, -0.2) is 0 Å². The molecule has 1 aromatic rings. The van der Waals surface area contributed by atoms with Gasteiger partial charge in [-0.15, -0.1) is 0 Å². The molecule has 0 aliphatic heterocycles. The lowest BCUT2D eigenvalue weighted by Gasteiger charge is -2.23. The van der Waals surface area contributed by atoms with E-state index in [0.717, 1.165) is 11.4 Å². The molecule has 0 heterocycles. The summed E-state index contributed by atoms with van der Waals surface area (Å²) in [5.74, 6) is 0.826. The molecule has 90 valence electrons.